The lowest BCUT2D eigenvalue weighted by molar-refractivity contribution is -0.190. The van der Waals surface area contributed by atoms with Gasteiger partial charge in [0.1, 0.15) is 32.2 Å². The van der Waals surface area contributed by atoms with Crippen molar-refractivity contribution in [2.75, 3.05) is 26.5 Å². The highest BCUT2D eigenvalue weighted by molar-refractivity contribution is 5.81. The highest BCUT2D eigenvalue weighted by Crippen LogP contribution is 1.97. The van der Waals surface area contributed by atoms with Gasteiger partial charge in [0.25, 0.3) is 0 Å². The second-order valence-corrected chi connectivity index (χ2v) is 4.18. The Morgan fingerprint density at radius 2 is 1.64 bits per heavy atom. The monoisotopic (exact) mass is 356 g/mol. The van der Waals surface area contributed by atoms with Gasteiger partial charge in [-0.2, -0.15) is 0 Å². The second kappa shape index (κ2) is 12.3. The molecule has 10 nitrogen and oxygen atoms in total. The quantitative estimate of drug-likeness (QED) is 0.108. The number of hydrogen-bond donors (Lipinski definition) is 1. The number of carbonyl (C=O) groups excluding carboxylic acids is 4. The summed E-state index contributed by atoms with van der Waals surface area (Å²) in [6.07, 6.45) is 0.994. The van der Waals surface area contributed by atoms with Crippen LogP contribution in [0.3, 0.4) is 0 Å². The maximum Gasteiger partial charge on any atom is 0.413 e. The zero-order chi connectivity index (χ0) is 19.2. The molecule has 0 aliphatic rings. The van der Waals surface area contributed by atoms with Crippen LogP contribution in [0.1, 0.15) is 6.92 Å². The molecule has 0 rings (SSSR count). The van der Waals surface area contributed by atoms with Crippen LogP contribution in [0.4, 0.5) is 4.79 Å². The largest absolute Gasteiger partial charge is 0.460 e. The molecular formula is C15H20N2O8. The van der Waals surface area contributed by atoms with Gasteiger partial charge in [-0.1, -0.05) is 19.7 Å². The Bertz CT molecular complexity index is 544. The van der Waals surface area contributed by atoms with Gasteiger partial charge < -0.3 is 19.5 Å². The standard InChI is InChI=1S/C15H20N2O8/c1-5-13(19)22-7-8-24-17(12(4)18)10-16-15(21)25-11(3)9-23-14(20)6-2/h5-6H,1-3,7-10H2,4H3,(H,16,21). The van der Waals surface area contributed by atoms with Gasteiger partial charge in [-0.25, -0.2) is 19.4 Å². The van der Waals surface area contributed by atoms with Crippen molar-refractivity contribution in [3.05, 3.63) is 37.6 Å². The number of nitrogens with one attached hydrogen (secondary N) is 1. The third-order valence-corrected chi connectivity index (χ3v) is 2.24. The molecule has 0 heterocycles. The van der Waals surface area contributed by atoms with E-state index in [1.165, 1.54) is 6.92 Å². The predicted octanol–water partition coefficient (Wildman–Crippen LogP) is 0.422. The topological polar surface area (TPSA) is 120 Å². The van der Waals surface area contributed by atoms with E-state index in [4.69, 9.17) is 9.57 Å². The number of hydrogen-bond acceptors (Lipinski definition) is 8. The lowest BCUT2D eigenvalue weighted by atomic mass is 10.6. The van der Waals surface area contributed by atoms with Crippen LogP contribution in [0.5, 0.6) is 0 Å². The van der Waals surface area contributed by atoms with Crippen molar-refractivity contribution < 1.29 is 38.2 Å². The summed E-state index contributed by atoms with van der Waals surface area (Å²) >= 11 is 0. The number of hydroxylamine groups is 2. The van der Waals surface area contributed by atoms with Gasteiger partial charge in [0.05, 0.1) is 0 Å². The first-order valence-corrected chi connectivity index (χ1v) is 6.93. The summed E-state index contributed by atoms with van der Waals surface area (Å²) < 4.78 is 14.0. The Balaban J connectivity index is 4.13. The van der Waals surface area contributed by atoms with Gasteiger partial charge in [0.2, 0.25) is 5.91 Å². The average molecular weight is 356 g/mol. The molecule has 0 aromatic carbocycles. The first-order chi connectivity index (χ1) is 11.8. The minimum absolute atomic E-state index is 0.107. The molecule has 0 aromatic rings. The van der Waals surface area contributed by atoms with Crippen molar-refractivity contribution in [1.82, 2.24) is 10.4 Å². The van der Waals surface area contributed by atoms with Gasteiger partial charge >= 0.3 is 18.0 Å². The lowest BCUT2D eigenvalue weighted by Crippen LogP contribution is -2.41. The Hall–Kier alpha value is -3.14. The van der Waals surface area contributed by atoms with Crippen molar-refractivity contribution in [3.8, 4) is 0 Å². The number of alkyl carbamates (subject to hydrolysis) is 1. The zero-order valence-electron chi connectivity index (χ0n) is 13.8. The van der Waals surface area contributed by atoms with Crippen molar-refractivity contribution in [2.45, 2.75) is 6.92 Å². The average Bonchev–Trinajstić information content (AvgIpc) is 2.58. The van der Waals surface area contributed by atoms with Crippen LogP contribution >= 0.6 is 0 Å². The normalized spacial score (nSPS) is 9.32. The number of nitrogens with zero attached hydrogens (tertiary/aromatic N) is 1. The van der Waals surface area contributed by atoms with E-state index in [1.807, 2.05) is 0 Å². The van der Waals surface area contributed by atoms with Crippen molar-refractivity contribution in [2.24, 2.45) is 0 Å². The van der Waals surface area contributed by atoms with E-state index in [0.717, 1.165) is 17.2 Å². The van der Waals surface area contributed by atoms with Crippen LogP contribution in [-0.4, -0.2) is 55.5 Å². The molecular weight excluding hydrogens is 336 g/mol. The molecule has 138 valence electrons. The van der Waals surface area contributed by atoms with E-state index in [9.17, 15) is 19.2 Å². The molecule has 0 spiro atoms. The van der Waals surface area contributed by atoms with Gasteiger partial charge in [-0.15, -0.1) is 0 Å². The summed E-state index contributed by atoms with van der Waals surface area (Å²) in [6.45, 7) is 10.1. The fourth-order valence-corrected chi connectivity index (χ4v) is 1.14. The minimum Gasteiger partial charge on any atom is -0.460 e. The molecule has 25 heavy (non-hydrogen) atoms. The second-order valence-electron chi connectivity index (χ2n) is 4.18. The lowest BCUT2D eigenvalue weighted by Gasteiger charge is -2.20. The molecule has 2 amide bonds. The predicted molar refractivity (Wildman–Crippen MR) is 84.4 cm³/mol. The van der Waals surface area contributed by atoms with Gasteiger partial charge in [0, 0.05) is 19.1 Å². The smallest absolute Gasteiger partial charge is 0.413 e. The molecule has 0 aromatic heterocycles. The third-order valence-electron chi connectivity index (χ3n) is 2.24. The third kappa shape index (κ3) is 11.1. The van der Waals surface area contributed by atoms with Crippen molar-refractivity contribution in [1.29, 1.82) is 0 Å². The molecule has 0 unspecified atom stereocenters. The van der Waals surface area contributed by atoms with E-state index in [0.29, 0.717) is 0 Å². The van der Waals surface area contributed by atoms with Crippen LogP contribution < -0.4 is 5.32 Å². The summed E-state index contributed by atoms with van der Waals surface area (Å²) in [6, 6.07) is 0. The van der Waals surface area contributed by atoms with E-state index >= 15 is 0 Å². The Morgan fingerprint density at radius 3 is 2.20 bits per heavy atom. The van der Waals surface area contributed by atoms with Crippen molar-refractivity contribution in [3.63, 3.8) is 0 Å². The van der Waals surface area contributed by atoms with E-state index in [2.05, 4.69) is 34.5 Å². The fraction of sp³-hybridized carbons (Fsp3) is 0.333. The first-order valence-electron chi connectivity index (χ1n) is 6.93. The fourth-order valence-electron chi connectivity index (χ4n) is 1.14. The maximum atomic E-state index is 11.5. The van der Waals surface area contributed by atoms with Gasteiger partial charge in [0.15, 0.2) is 0 Å². The highest BCUT2D eigenvalue weighted by atomic mass is 16.7. The summed E-state index contributed by atoms with van der Waals surface area (Å²) in [5.74, 6) is -1.96. The number of amides is 2. The number of carbonyl (C=O) groups is 4. The molecule has 0 radical (unpaired) electrons. The maximum absolute atomic E-state index is 11.5. The number of esters is 2. The van der Waals surface area contributed by atoms with Crippen LogP contribution in [0.25, 0.3) is 0 Å². The number of ether oxygens (including phenoxy) is 3. The van der Waals surface area contributed by atoms with Crippen molar-refractivity contribution >= 4 is 23.9 Å². The SMILES string of the molecule is C=CC(=O)OCCON(CNC(=O)OC(=C)COC(=O)C=C)C(C)=O. The Labute approximate surface area is 144 Å². The molecule has 0 atom stereocenters. The van der Waals surface area contributed by atoms with E-state index in [-0.39, 0.29) is 32.2 Å². The first kappa shape index (κ1) is 21.9. The minimum atomic E-state index is -0.937. The molecule has 0 bridgehead atoms. The van der Waals surface area contributed by atoms with E-state index in [1.54, 1.807) is 0 Å². The van der Waals surface area contributed by atoms with Crippen LogP contribution in [0.15, 0.2) is 37.6 Å². The molecule has 1 N–H and O–H groups in total. The summed E-state index contributed by atoms with van der Waals surface area (Å²) in [5.41, 5.74) is 0. The Kier molecular flexibility index (Phi) is 10.8. The number of rotatable bonds is 11. The molecule has 0 saturated heterocycles. The molecule has 0 aliphatic carbocycles. The van der Waals surface area contributed by atoms with E-state index < -0.39 is 23.9 Å². The zero-order valence-corrected chi connectivity index (χ0v) is 13.8. The molecule has 0 saturated carbocycles. The van der Waals surface area contributed by atoms with Crippen LogP contribution in [0, 0.1) is 0 Å². The molecule has 0 fully saturated rings. The summed E-state index contributed by atoms with van der Waals surface area (Å²) in [4.78, 5) is 49.6. The van der Waals surface area contributed by atoms with Gasteiger partial charge in [-0.05, 0) is 0 Å². The molecule has 0 aliphatic heterocycles. The van der Waals surface area contributed by atoms with Crippen LogP contribution in [0.2, 0.25) is 0 Å². The highest BCUT2D eigenvalue weighted by Gasteiger charge is 2.13. The summed E-state index contributed by atoms with van der Waals surface area (Å²) in [7, 11) is 0. The van der Waals surface area contributed by atoms with Crippen LogP contribution in [-0.2, 0) is 33.4 Å². The Morgan fingerprint density at radius 1 is 1.04 bits per heavy atom. The summed E-state index contributed by atoms with van der Waals surface area (Å²) in [5, 5.41) is 3.05. The van der Waals surface area contributed by atoms with Gasteiger partial charge in [-0.3, -0.25) is 9.63 Å². The molecule has 10 heteroatoms.